The Morgan fingerprint density at radius 3 is 2.06 bits per heavy atom. The highest BCUT2D eigenvalue weighted by atomic mass is 35.5. The van der Waals surface area contributed by atoms with Crippen LogP contribution in [0.25, 0.3) is 11.1 Å². The van der Waals surface area contributed by atoms with E-state index < -0.39 is 33.6 Å². The molecule has 1 saturated heterocycles. The summed E-state index contributed by atoms with van der Waals surface area (Å²) < 4.78 is 27.8. The molecule has 2 aromatic rings. The Kier molecular flexibility index (Phi) is 7.88. The van der Waals surface area contributed by atoms with Gasteiger partial charge < -0.3 is 10.0 Å². The van der Waals surface area contributed by atoms with Gasteiger partial charge in [0.25, 0.3) is 5.91 Å². The summed E-state index contributed by atoms with van der Waals surface area (Å²) in [5, 5.41) is 10.1. The van der Waals surface area contributed by atoms with Crippen LogP contribution >= 0.6 is 11.6 Å². The number of likely N-dealkylation sites (N-methyl/N-ethyl adjacent to an activating group) is 1. The van der Waals surface area contributed by atoms with Crippen LogP contribution in [0.4, 0.5) is 4.79 Å². The number of sulfonamides is 1. The molecule has 2 aromatic carbocycles. The third-order valence-corrected chi connectivity index (χ3v) is 7.93. The first-order valence-corrected chi connectivity index (χ1v) is 12.9. The lowest BCUT2D eigenvalue weighted by molar-refractivity contribution is -0.139. The number of amides is 3. The molecule has 1 aliphatic rings. The van der Waals surface area contributed by atoms with Crippen LogP contribution in [0, 0.1) is 0 Å². The normalized spacial score (nSPS) is 16.6. The zero-order valence-corrected chi connectivity index (χ0v) is 21.3. The molecule has 35 heavy (non-hydrogen) atoms. The summed E-state index contributed by atoms with van der Waals surface area (Å²) in [6.45, 7) is 3.45. The Balaban J connectivity index is 1.59. The third-order valence-electron chi connectivity index (χ3n) is 6.19. The minimum atomic E-state index is -4.08. The maximum atomic E-state index is 12.8. The topological polar surface area (TPSA) is 124 Å². The van der Waals surface area contributed by atoms with E-state index >= 15 is 0 Å². The molecule has 9 nitrogen and oxygen atoms in total. The van der Waals surface area contributed by atoms with Gasteiger partial charge in [0.2, 0.25) is 10.0 Å². The molecule has 188 valence electrons. The number of carbonyl (C=O) groups excluding carboxylic acids is 2. The van der Waals surface area contributed by atoms with Gasteiger partial charge in [-0.1, -0.05) is 35.9 Å². The summed E-state index contributed by atoms with van der Waals surface area (Å²) in [6.07, 6.45) is 0.658. The molecule has 3 rings (SSSR count). The Morgan fingerprint density at radius 1 is 1.03 bits per heavy atom. The van der Waals surface area contributed by atoms with E-state index in [9.17, 15) is 27.9 Å². The number of hydrogen-bond acceptors (Lipinski definition) is 5. The van der Waals surface area contributed by atoms with Gasteiger partial charge in [0.05, 0.1) is 4.90 Å². The molecule has 0 saturated carbocycles. The van der Waals surface area contributed by atoms with E-state index in [1.807, 2.05) is 12.1 Å². The lowest BCUT2D eigenvalue weighted by atomic mass is 10.0. The van der Waals surface area contributed by atoms with Gasteiger partial charge in [-0.3, -0.25) is 14.5 Å². The van der Waals surface area contributed by atoms with E-state index in [0.29, 0.717) is 17.9 Å². The number of urea groups is 1. The molecule has 1 heterocycles. The number of carboxylic acid groups (broad SMARTS) is 1. The van der Waals surface area contributed by atoms with Crippen molar-refractivity contribution >= 4 is 39.5 Å². The van der Waals surface area contributed by atoms with E-state index in [1.165, 1.54) is 17.0 Å². The van der Waals surface area contributed by atoms with Crippen molar-refractivity contribution in [3.63, 3.8) is 0 Å². The number of carbonyl (C=O) groups is 3. The maximum absolute atomic E-state index is 12.8. The number of nitrogens with zero attached hydrogens (tertiary/aromatic N) is 2. The fraction of sp³-hybridized carbons (Fsp3) is 0.375. The van der Waals surface area contributed by atoms with Crippen LogP contribution in [0.1, 0.15) is 33.1 Å². The average Bonchev–Trinajstić information content (AvgIpc) is 2.95. The van der Waals surface area contributed by atoms with Crippen molar-refractivity contribution in [1.82, 2.24) is 14.5 Å². The average molecular weight is 522 g/mol. The predicted molar refractivity (Wildman–Crippen MR) is 131 cm³/mol. The molecule has 0 bridgehead atoms. The molecule has 3 amide bonds. The SMILES string of the molecule is CN1C(=O)N(CCCC[C@@H](NS(=O)(=O)c2ccc(-c3ccc(Cl)cc3)cc2)C(=O)O)C(=O)C1(C)C. The number of benzene rings is 2. The first-order valence-electron chi connectivity index (χ1n) is 11.1. The Hall–Kier alpha value is -2.95. The quantitative estimate of drug-likeness (QED) is 0.364. The molecule has 0 spiro atoms. The number of halogens is 1. The van der Waals surface area contributed by atoms with E-state index in [2.05, 4.69) is 4.72 Å². The number of imide groups is 1. The predicted octanol–water partition coefficient (Wildman–Crippen LogP) is 3.58. The fourth-order valence-electron chi connectivity index (χ4n) is 3.75. The zero-order valence-electron chi connectivity index (χ0n) is 19.7. The molecule has 0 radical (unpaired) electrons. The third kappa shape index (κ3) is 5.83. The first-order chi connectivity index (χ1) is 16.3. The highest BCUT2D eigenvalue weighted by Crippen LogP contribution is 2.26. The molecule has 0 aromatic heterocycles. The summed E-state index contributed by atoms with van der Waals surface area (Å²) in [7, 11) is -2.53. The van der Waals surface area contributed by atoms with Crippen LogP contribution in [0.15, 0.2) is 53.4 Å². The number of unbranched alkanes of at least 4 members (excludes halogenated alkanes) is 1. The molecule has 1 aliphatic heterocycles. The zero-order chi connectivity index (χ0) is 26.0. The van der Waals surface area contributed by atoms with E-state index in [4.69, 9.17) is 11.6 Å². The molecular weight excluding hydrogens is 494 g/mol. The lowest BCUT2D eigenvalue weighted by Gasteiger charge is -2.22. The number of hydrogen-bond donors (Lipinski definition) is 2. The van der Waals surface area contributed by atoms with Crippen molar-refractivity contribution in [3.05, 3.63) is 53.6 Å². The first kappa shape index (κ1) is 26.7. The van der Waals surface area contributed by atoms with Gasteiger partial charge in [-0.25, -0.2) is 13.2 Å². The van der Waals surface area contributed by atoms with Gasteiger partial charge in [0.1, 0.15) is 11.6 Å². The lowest BCUT2D eigenvalue weighted by Crippen LogP contribution is -2.41. The highest BCUT2D eigenvalue weighted by Gasteiger charge is 2.48. The summed E-state index contributed by atoms with van der Waals surface area (Å²) in [5.41, 5.74) is 0.717. The number of carboxylic acids is 1. The second-order valence-electron chi connectivity index (χ2n) is 8.90. The fourth-order valence-corrected chi connectivity index (χ4v) is 5.10. The summed E-state index contributed by atoms with van der Waals surface area (Å²) in [6, 6.07) is 11.4. The van der Waals surface area contributed by atoms with Gasteiger partial charge in [-0.15, -0.1) is 0 Å². The van der Waals surface area contributed by atoms with Crippen molar-refractivity contribution < 1.29 is 27.9 Å². The Bertz CT molecular complexity index is 1210. The number of aliphatic carboxylic acids is 1. The van der Waals surface area contributed by atoms with E-state index in [-0.39, 0.29) is 23.8 Å². The molecule has 2 N–H and O–H groups in total. The second kappa shape index (κ2) is 10.3. The Labute approximate surface area is 209 Å². The molecule has 11 heteroatoms. The summed E-state index contributed by atoms with van der Waals surface area (Å²) in [5.74, 6) is -1.62. The van der Waals surface area contributed by atoms with Gasteiger partial charge >= 0.3 is 12.0 Å². The molecule has 0 unspecified atom stereocenters. The van der Waals surface area contributed by atoms with Gasteiger partial charge in [0, 0.05) is 18.6 Å². The van der Waals surface area contributed by atoms with Crippen molar-refractivity contribution in [1.29, 1.82) is 0 Å². The standard InChI is InChI=1S/C24H28ClN3O6S/c1-24(2)22(31)28(23(32)27(24)3)15-5-4-6-20(21(29)30)26-35(33,34)19-13-9-17(10-14-19)16-7-11-18(25)12-8-16/h7-14,20,26H,4-6,15H2,1-3H3,(H,29,30)/t20-/m1/s1. The minimum Gasteiger partial charge on any atom is -0.480 e. The smallest absolute Gasteiger partial charge is 0.327 e. The van der Waals surface area contributed by atoms with Crippen LogP contribution < -0.4 is 4.72 Å². The monoisotopic (exact) mass is 521 g/mol. The summed E-state index contributed by atoms with van der Waals surface area (Å²) in [4.78, 5) is 38.9. The molecule has 1 atom stereocenters. The molecule has 0 aliphatic carbocycles. The Morgan fingerprint density at radius 2 is 1.57 bits per heavy atom. The number of nitrogens with one attached hydrogen (secondary N) is 1. The van der Waals surface area contributed by atoms with Crippen LogP contribution in [-0.4, -0.2) is 66.4 Å². The van der Waals surface area contributed by atoms with Gasteiger partial charge in [0.15, 0.2) is 0 Å². The minimum absolute atomic E-state index is 0.00682. The molecule has 1 fully saturated rings. The van der Waals surface area contributed by atoms with E-state index in [1.54, 1.807) is 45.2 Å². The van der Waals surface area contributed by atoms with Crippen LogP contribution in [-0.2, 0) is 19.6 Å². The second-order valence-corrected chi connectivity index (χ2v) is 11.0. The maximum Gasteiger partial charge on any atom is 0.327 e. The van der Waals surface area contributed by atoms with Gasteiger partial charge in [-0.05, 0) is 68.5 Å². The number of rotatable bonds is 10. The van der Waals surface area contributed by atoms with Crippen LogP contribution in [0.2, 0.25) is 5.02 Å². The van der Waals surface area contributed by atoms with Gasteiger partial charge in [-0.2, -0.15) is 4.72 Å². The molecular formula is C24H28ClN3O6S. The largest absolute Gasteiger partial charge is 0.480 e. The van der Waals surface area contributed by atoms with E-state index in [0.717, 1.165) is 16.0 Å². The van der Waals surface area contributed by atoms with Crippen molar-refractivity contribution in [2.75, 3.05) is 13.6 Å². The van der Waals surface area contributed by atoms with Crippen molar-refractivity contribution in [2.24, 2.45) is 0 Å². The van der Waals surface area contributed by atoms with Crippen molar-refractivity contribution in [3.8, 4) is 11.1 Å². The van der Waals surface area contributed by atoms with Crippen LogP contribution in [0.3, 0.4) is 0 Å². The van der Waals surface area contributed by atoms with Crippen molar-refractivity contribution in [2.45, 2.75) is 49.6 Å². The summed E-state index contributed by atoms with van der Waals surface area (Å²) >= 11 is 5.90. The highest BCUT2D eigenvalue weighted by molar-refractivity contribution is 7.89. The van der Waals surface area contributed by atoms with Crippen LogP contribution in [0.5, 0.6) is 0 Å².